The number of amides is 1. The van der Waals surface area contributed by atoms with Crippen molar-refractivity contribution in [3.8, 4) is 0 Å². The average Bonchev–Trinajstić information content (AvgIpc) is 3.37. The van der Waals surface area contributed by atoms with E-state index in [1.165, 1.54) is 22.0 Å². The summed E-state index contributed by atoms with van der Waals surface area (Å²) in [5, 5.41) is 26.5. The van der Waals surface area contributed by atoms with E-state index >= 15 is 0 Å². The van der Waals surface area contributed by atoms with Crippen molar-refractivity contribution < 1.29 is 19.7 Å². The number of aromatic nitrogens is 4. The number of aliphatic hydroxyl groups is 2. The Morgan fingerprint density at radius 3 is 2.90 bits per heavy atom. The second-order valence-electron chi connectivity index (χ2n) is 6.83. The van der Waals surface area contributed by atoms with Crippen LogP contribution in [0.2, 0.25) is 0 Å². The predicted octanol–water partition coefficient (Wildman–Crippen LogP) is 1.69. The molecule has 0 aromatic carbocycles. The lowest BCUT2D eigenvalue weighted by molar-refractivity contribution is -0.0180. The summed E-state index contributed by atoms with van der Waals surface area (Å²) in [6.07, 6.45) is 9.43. The van der Waals surface area contributed by atoms with E-state index in [4.69, 9.17) is 9.84 Å². The van der Waals surface area contributed by atoms with Gasteiger partial charge < -0.3 is 14.9 Å². The summed E-state index contributed by atoms with van der Waals surface area (Å²) in [5.74, 6) is -0.565. The Kier molecular flexibility index (Phi) is 6.00. The van der Waals surface area contributed by atoms with Crippen LogP contribution < -0.4 is 5.32 Å². The summed E-state index contributed by atoms with van der Waals surface area (Å²) in [5.41, 5.74) is 1.52. The van der Waals surface area contributed by atoms with Crippen LogP contribution in [0.25, 0.3) is 5.65 Å². The van der Waals surface area contributed by atoms with Crippen molar-refractivity contribution in [3.63, 3.8) is 0 Å². The minimum atomic E-state index is -0.946. The second-order valence-corrected chi connectivity index (χ2v) is 8.07. The molecule has 0 saturated heterocycles. The number of aliphatic hydroxyl groups excluding tert-OH is 2. The molecule has 156 valence electrons. The summed E-state index contributed by atoms with van der Waals surface area (Å²) in [4.78, 5) is 22.1. The van der Waals surface area contributed by atoms with Gasteiger partial charge in [-0.3, -0.25) is 10.1 Å². The lowest BCUT2D eigenvalue weighted by Gasteiger charge is -2.25. The molecule has 10 heteroatoms. The highest BCUT2D eigenvalue weighted by Crippen LogP contribution is 2.27. The number of ether oxygens (including phenoxy) is 1. The van der Waals surface area contributed by atoms with Crippen LogP contribution in [-0.2, 0) is 4.74 Å². The SMILES string of the molecule is Cc1cnc(NC(=O)c2cnc3ccc(C4C=CC=CC4OC[C@H](O)CO)nn23)s1. The van der Waals surface area contributed by atoms with Gasteiger partial charge in [0.2, 0.25) is 0 Å². The maximum atomic E-state index is 12.7. The molecule has 0 radical (unpaired) electrons. The molecule has 3 atom stereocenters. The number of hydrogen-bond acceptors (Lipinski definition) is 8. The smallest absolute Gasteiger partial charge is 0.277 e. The summed E-state index contributed by atoms with van der Waals surface area (Å²) in [6, 6.07) is 3.62. The van der Waals surface area contributed by atoms with Crippen molar-refractivity contribution in [2.24, 2.45) is 0 Å². The molecule has 0 fully saturated rings. The maximum absolute atomic E-state index is 12.7. The molecule has 1 aliphatic rings. The van der Waals surface area contributed by atoms with Gasteiger partial charge in [-0.25, -0.2) is 14.5 Å². The number of aryl methyl sites for hydroxylation is 1. The molecule has 0 spiro atoms. The molecule has 1 amide bonds. The molecule has 0 bridgehead atoms. The maximum Gasteiger partial charge on any atom is 0.277 e. The highest BCUT2D eigenvalue weighted by atomic mass is 32.1. The minimum absolute atomic E-state index is 0.00402. The minimum Gasteiger partial charge on any atom is -0.394 e. The van der Waals surface area contributed by atoms with Crippen molar-refractivity contribution in [1.29, 1.82) is 0 Å². The van der Waals surface area contributed by atoms with Crippen LogP contribution in [0.3, 0.4) is 0 Å². The Bertz CT molecular complexity index is 1110. The van der Waals surface area contributed by atoms with Gasteiger partial charge in [-0.1, -0.05) is 24.3 Å². The molecule has 9 nitrogen and oxygen atoms in total. The Morgan fingerprint density at radius 1 is 1.30 bits per heavy atom. The predicted molar refractivity (Wildman–Crippen MR) is 112 cm³/mol. The highest BCUT2D eigenvalue weighted by Gasteiger charge is 2.25. The van der Waals surface area contributed by atoms with Crippen LogP contribution in [0.1, 0.15) is 27.0 Å². The molecule has 0 saturated carbocycles. The van der Waals surface area contributed by atoms with Crippen molar-refractivity contribution in [2.75, 3.05) is 18.5 Å². The van der Waals surface area contributed by atoms with Gasteiger partial charge in [0, 0.05) is 11.1 Å². The van der Waals surface area contributed by atoms with Crippen LogP contribution in [0.5, 0.6) is 0 Å². The zero-order valence-electron chi connectivity index (χ0n) is 16.2. The molecule has 30 heavy (non-hydrogen) atoms. The molecule has 3 aromatic rings. The van der Waals surface area contributed by atoms with E-state index in [-0.39, 0.29) is 31.1 Å². The van der Waals surface area contributed by atoms with Crippen LogP contribution in [-0.4, -0.2) is 61.1 Å². The average molecular weight is 427 g/mol. The van der Waals surface area contributed by atoms with Crippen molar-refractivity contribution in [2.45, 2.75) is 25.0 Å². The number of rotatable bonds is 7. The van der Waals surface area contributed by atoms with Crippen LogP contribution >= 0.6 is 11.3 Å². The fourth-order valence-corrected chi connectivity index (χ4v) is 3.74. The Balaban J connectivity index is 1.59. The monoisotopic (exact) mass is 427 g/mol. The first-order valence-electron chi connectivity index (χ1n) is 9.39. The number of carbonyl (C=O) groups excluding carboxylic acids is 1. The number of nitrogens with zero attached hydrogens (tertiary/aromatic N) is 4. The van der Waals surface area contributed by atoms with Gasteiger partial charge in [0.15, 0.2) is 16.5 Å². The van der Waals surface area contributed by atoms with Crippen molar-refractivity contribution >= 4 is 28.0 Å². The normalized spacial score (nSPS) is 19.3. The van der Waals surface area contributed by atoms with Gasteiger partial charge in [0.1, 0.15) is 6.10 Å². The second kappa shape index (κ2) is 8.84. The largest absolute Gasteiger partial charge is 0.394 e. The van der Waals surface area contributed by atoms with Crippen molar-refractivity contribution in [1.82, 2.24) is 19.6 Å². The third-order valence-corrected chi connectivity index (χ3v) is 5.40. The first kappa shape index (κ1) is 20.4. The molecule has 3 N–H and O–H groups in total. The highest BCUT2D eigenvalue weighted by molar-refractivity contribution is 7.15. The van der Waals surface area contributed by atoms with Gasteiger partial charge in [0.05, 0.1) is 37.1 Å². The zero-order valence-corrected chi connectivity index (χ0v) is 17.0. The van der Waals surface area contributed by atoms with E-state index in [1.807, 2.05) is 37.3 Å². The van der Waals surface area contributed by atoms with Gasteiger partial charge in [-0.05, 0) is 19.1 Å². The van der Waals surface area contributed by atoms with Crippen LogP contribution in [0, 0.1) is 6.92 Å². The third-order valence-electron chi connectivity index (χ3n) is 4.57. The number of thiazole rings is 1. The number of anilines is 1. The summed E-state index contributed by atoms with van der Waals surface area (Å²) in [6.45, 7) is 1.55. The fourth-order valence-electron chi connectivity index (χ4n) is 3.08. The Labute approximate surface area is 176 Å². The first-order valence-corrected chi connectivity index (χ1v) is 10.2. The summed E-state index contributed by atoms with van der Waals surface area (Å²) >= 11 is 1.39. The number of carbonyl (C=O) groups is 1. The number of allylic oxidation sites excluding steroid dienone is 2. The summed E-state index contributed by atoms with van der Waals surface area (Å²) in [7, 11) is 0. The Morgan fingerprint density at radius 2 is 2.13 bits per heavy atom. The lowest BCUT2D eigenvalue weighted by Crippen LogP contribution is -2.28. The molecule has 1 aliphatic carbocycles. The van der Waals surface area contributed by atoms with Crippen LogP contribution in [0.15, 0.2) is 48.8 Å². The third kappa shape index (κ3) is 4.31. The fraction of sp³-hybridized carbons (Fsp3) is 0.300. The van der Waals surface area contributed by atoms with Gasteiger partial charge >= 0.3 is 0 Å². The van der Waals surface area contributed by atoms with E-state index in [9.17, 15) is 9.90 Å². The number of fused-ring (bicyclic) bond motifs is 1. The van der Waals surface area contributed by atoms with Crippen molar-refractivity contribution in [3.05, 3.63) is 65.1 Å². The standard InChI is InChI=1S/C20H21N5O4S/c1-12-8-22-20(30-12)23-19(28)16-9-21-18-7-6-15(24-25(16)18)14-4-2-3-5-17(14)29-11-13(27)10-26/h2-9,13-14,17,26-27H,10-11H2,1H3,(H,22,23,28)/t13-,14?,17?/m1/s1. The molecular weight excluding hydrogens is 406 g/mol. The van der Waals surface area contributed by atoms with E-state index in [0.717, 1.165) is 4.88 Å². The Hall–Kier alpha value is -2.92. The molecule has 3 aromatic heterocycles. The quantitative estimate of drug-likeness (QED) is 0.524. The van der Waals surface area contributed by atoms with Gasteiger partial charge in [0.25, 0.3) is 5.91 Å². The number of imidazole rings is 1. The van der Waals surface area contributed by atoms with Gasteiger partial charge in [-0.2, -0.15) is 5.10 Å². The number of nitrogens with one attached hydrogen (secondary N) is 1. The first-order chi connectivity index (χ1) is 14.5. The molecule has 0 aliphatic heterocycles. The molecular formula is C20H21N5O4S. The van der Waals surface area contributed by atoms with Gasteiger partial charge in [-0.15, -0.1) is 11.3 Å². The van der Waals surface area contributed by atoms with E-state index < -0.39 is 6.10 Å². The van der Waals surface area contributed by atoms with Crippen LogP contribution in [0.4, 0.5) is 5.13 Å². The van der Waals surface area contributed by atoms with E-state index in [0.29, 0.717) is 22.2 Å². The number of hydrogen-bond donors (Lipinski definition) is 3. The van der Waals surface area contributed by atoms with E-state index in [2.05, 4.69) is 20.4 Å². The summed E-state index contributed by atoms with van der Waals surface area (Å²) < 4.78 is 7.25. The topological polar surface area (TPSA) is 122 Å². The zero-order chi connectivity index (χ0) is 21.1. The van der Waals surface area contributed by atoms with E-state index in [1.54, 1.807) is 12.3 Å². The lowest BCUT2D eigenvalue weighted by atomic mass is 9.94. The molecule has 2 unspecified atom stereocenters. The molecule has 3 heterocycles. The molecule has 4 rings (SSSR count).